The molecule has 1 aliphatic heterocycles. The lowest BCUT2D eigenvalue weighted by Crippen LogP contribution is -2.11. The highest BCUT2D eigenvalue weighted by atomic mass is 35.5. The van der Waals surface area contributed by atoms with Gasteiger partial charge in [-0.1, -0.05) is 5.47 Å². The molecule has 2 aliphatic rings. The van der Waals surface area contributed by atoms with Gasteiger partial charge in [0.1, 0.15) is 0 Å². The molecule has 1 radical (unpaired) electrons. The quantitative estimate of drug-likeness (QED) is 0.430. The maximum absolute atomic E-state index is 5.79. The monoisotopic (exact) mass is 169 g/mol. The molecule has 0 N–H and O–H groups in total. The number of allylic oxidation sites excluding steroid dienone is 2. The second-order valence-corrected chi connectivity index (χ2v) is 3.54. The third kappa shape index (κ3) is 1.41. The van der Waals surface area contributed by atoms with Gasteiger partial charge in [-0.2, -0.15) is 0 Å². The number of halogens is 1. The summed E-state index contributed by atoms with van der Waals surface area (Å²) in [5.41, 5.74) is 1.42. The van der Waals surface area contributed by atoms with Gasteiger partial charge in [-0.15, -0.1) is 11.6 Å². The van der Waals surface area contributed by atoms with E-state index in [0.29, 0.717) is 5.92 Å². The zero-order valence-electron chi connectivity index (χ0n) is 6.48. The first-order valence-electron chi connectivity index (χ1n) is 4.14. The van der Waals surface area contributed by atoms with E-state index in [0.717, 1.165) is 25.2 Å². The fourth-order valence-corrected chi connectivity index (χ4v) is 2.02. The summed E-state index contributed by atoms with van der Waals surface area (Å²) in [6.07, 6.45) is 3.44. The van der Waals surface area contributed by atoms with Crippen molar-refractivity contribution in [2.24, 2.45) is 5.92 Å². The summed E-state index contributed by atoms with van der Waals surface area (Å²) in [7, 11) is 2.19. The Kier molecular flexibility index (Phi) is 2.12. The van der Waals surface area contributed by atoms with Crippen molar-refractivity contribution in [1.29, 1.82) is 0 Å². The van der Waals surface area contributed by atoms with E-state index in [2.05, 4.69) is 7.28 Å². The second-order valence-electron chi connectivity index (χ2n) is 3.23. The SMILES string of the molecule is ClCC1CCC2=C([B]CO2)C1. The summed E-state index contributed by atoms with van der Waals surface area (Å²) < 4.78 is 5.43. The molecule has 59 valence electrons. The van der Waals surface area contributed by atoms with Crippen LogP contribution in [-0.2, 0) is 4.74 Å². The standard InChI is InChI=1S/C8H11BClO/c10-4-6-1-2-8-7(3-6)9-5-11-8/h6H,1-5H2. The molecule has 0 aromatic heterocycles. The average Bonchev–Trinajstić information content (AvgIpc) is 2.50. The Bertz CT molecular complexity index is 191. The number of ether oxygens (including phenoxy) is 1. The summed E-state index contributed by atoms with van der Waals surface area (Å²) in [5.74, 6) is 2.71. The van der Waals surface area contributed by atoms with Gasteiger partial charge in [0.05, 0.1) is 12.3 Å². The molecule has 0 amide bonds. The second kappa shape index (κ2) is 3.10. The molecule has 0 spiro atoms. The molecule has 0 saturated heterocycles. The Labute approximate surface area is 73.0 Å². The maximum atomic E-state index is 5.79. The molecule has 11 heavy (non-hydrogen) atoms. The zero-order chi connectivity index (χ0) is 7.68. The van der Waals surface area contributed by atoms with Crippen LogP contribution in [0.1, 0.15) is 19.3 Å². The minimum absolute atomic E-state index is 0.688. The van der Waals surface area contributed by atoms with Gasteiger partial charge in [0.15, 0.2) is 0 Å². The van der Waals surface area contributed by atoms with E-state index in [1.165, 1.54) is 17.7 Å². The van der Waals surface area contributed by atoms with Crippen LogP contribution >= 0.6 is 11.6 Å². The van der Waals surface area contributed by atoms with Crippen molar-refractivity contribution in [3.8, 4) is 0 Å². The van der Waals surface area contributed by atoms with Crippen molar-refractivity contribution in [3.63, 3.8) is 0 Å². The third-order valence-corrected chi connectivity index (χ3v) is 2.89. The molecular weight excluding hydrogens is 158 g/mol. The molecule has 3 heteroatoms. The van der Waals surface area contributed by atoms with Crippen LogP contribution in [0.25, 0.3) is 0 Å². The van der Waals surface area contributed by atoms with Crippen molar-refractivity contribution in [3.05, 3.63) is 11.2 Å². The lowest BCUT2D eigenvalue weighted by Gasteiger charge is -2.20. The molecule has 0 saturated carbocycles. The molecule has 1 nitrogen and oxygen atoms in total. The van der Waals surface area contributed by atoms with Crippen LogP contribution in [0.3, 0.4) is 0 Å². The van der Waals surface area contributed by atoms with Crippen LogP contribution in [-0.4, -0.2) is 19.7 Å². The number of hydrogen-bond donors (Lipinski definition) is 0. The van der Waals surface area contributed by atoms with Gasteiger partial charge >= 0.3 is 0 Å². The molecule has 1 aliphatic carbocycles. The Morgan fingerprint density at radius 2 is 2.55 bits per heavy atom. The Hall–Kier alpha value is -0.105. The van der Waals surface area contributed by atoms with Crippen LogP contribution in [0.4, 0.5) is 0 Å². The zero-order valence-corrected chi connectivity index (χ0v) is 7.23. The molecule has 0 bridgehead atoms. The summed E-state index contributed by atoms with van der Waals surface area (Å²) in [4.78, 5) is 0. The van der Waals surface area contributed by atoms with E-state index < -0.39 is 0 Å². The third-order valence-electron chi connectivity index (χ3n) is 2.45. The van der Waals surface area contributed by atoms with Gasteiger partial charge in [-0.3, -0.25) is 0 Å². The van der Waals surface area contributed by atoms with Crippen LogP contribution in [0, 0.1) is 5.92 Å². The first-order valence-corrected chi connectivity index (χ1v) is 4.67. The minimum Gasteiger partial charge on any atom is -0.508 e. The normalized spacial score (nSPS) is 29.4. The van der Waals surface area contributed by atoms with Gasteiger partial charge in [0.2, 0.25) is 7.28 Å². The van der Waals surface area contributed by atoms with E-state index in [1.54, 1.807) is 0 Å². The average molecular weight is 169 g/mol. The topological polar surface area (TPSA) is 9.23 Å². The Morgan fingerprint density at radius 3 is 3.36 bits per heavy atom. The smallest absolute Gasteiger partial charge is 0.200 e. The van der Waals surface area contributed by atoms with Gasteiger partial charge in [-0.25, -0.2) is 0 Å². The van der Waals surface area contributed by atoms with E-state index in [9.17, 15) is 0 Å². The van der Waals surface area contributed by atoms with E-state index >= 15 is 0 Å². The highest BCUT2D eigenvalue weighted by molar-refractivity contribution is 6.46. The largest absolute Gasteiger partial charge is 0.508 e. The lowest BCUT2D eigenvalue weighted by atomic mass is 9.66. The van der Waals surface area contributed by atoms with E-state index in [1.807, 2.05) is 0 Å². The lowest BCUT2D eigenvalue weighted by molar-refractivity contribution is 0.248. The van der Waals surface area contributed by atoms with Gasteiger partial charge in [-0.05, 0) is 18.8 Å². The predicted molar refractivity (Wildman–Crippen MR) is 46.8 cm³/mol. The predicted octanol–water partition coefficient (Wildman–Crippen LogP) is 1.93. The summed E-state index contributed by atoms with van der Waals surface area (Å²) in [5, 5.41) is 0. The van der Waals surface area contributed by atoms with Crippen molar-refractivity contribution in [1.82, 2.24) is 0 Å². The fourth-order valence-electron chi connectivity index (χ4n) is 1.76. The van der Waals surface area contributed by atoms with Gasteiger partial charge in [0.25, 0.3) is 0 Å². The van der Waals surface area contributed by atoms with E-state index in [4.69, 9.17) is 16.3 Å². The van der Waals surface area contributed by atoms with E-state index in [-0.39, 0.29) is 0 Å². The highest BCUT2D eigenvalue weighted by Crippen LogP contribution is 2.32. The van der Waals surface area contributed by atoms with Gasteiger partial charge in [0, 0.05) is 12.3 Å². The summed E-state index contributed by atoms with van der Waals surface area (Å²) >= 11 is 5.79. The van der Waals surface area contributed by atoms with Gasteiger partial charge < -0.3 is 4.74 Å². The molecular formula is C8H11BClO. The van der Waals surface area contributed by atoms with Crippen LogP contribution in [0.15, 0.2) is 11.2 Å². The Balaban J connectivity index is 2.05. The first kappa shape index (κ1) is 7.54. The fraction of sp³-hybridized carbons (Fsp3) is 0.750. The molecule has 1 atom stereocenters. The molecule has 1 unspecified atom stereocenters. The Morgan fingerprint density at radius 1 is 1.64 bits per heavy atom. The number of alkyl halides is 1. The molecule has 1 heterocycles. The molecule has 2 rings (SSSR count). The molecule has 0 aromatic rings. The van der Waals surface area contributed by atoms with Crippen molar-refractivity contribution in [2.75, 3.05) is 12.4 Å². The minimum atomic E-state index is 0.688. The van der Waals surface area contributed by atoms with Crippen LogP contribution < -0.4 is 0 Å². The van der Waals surface area contributed by atoms with Crippen molar-refractivity contribution >= 4 is 18.9 Å². The van der Waals surface area contributed by atoms with Crippen molar-refractivity contribution in [2.45, 2.75) is 19.3 Å². The summed E-state index contributed by atoms with van der Waals surface area (Å²) in [6.45, 7) is 0.791. The molecule has 0 fully saturated rings. The van der Waals surface area contributed by atoms with Crippen LogP contribution in [0.5, 0.6) is 0 Å². The molecule has 0 aromatic carbocycles. The maximum Gasteiger partial charge on any atom is 0.200 e. The summed E-state index contributed by atoms with van der Waals surface area (Å²) in [6, 6.07) is 0. The number of rotatable bonds is 1. The van der Waals surface area contributed by atoms with Crippen LogP contribution in [0.2, 0.25) is 0 Å². The first-order chi connectivity index (χ1) is 5.40. The van der Waals surface area contributed by atoms with Crippen molar-refractivity contribution < 1.29 is 4.74 Å². The number of hydrogen-bond acceptors (Lipinski definition) is 1. The highest BCUT2D eigenvalue weighted by Gasteiger charge is 2.25.